The summed E-state index contributed by atoms with van der Waals surface area (Å²) in [7, 11) is 0. The smallest absolute Gasteiger partial charge is 0.330 e. The van der Waals surface area contributed by atoms with E-state index in [9.17, 15) is 14.4 Å². The van der Waals surface area contributed by atoms with Gasteiger partial charge in [-0.05, 0) is 27.7 Å². The normalized spacial score (nSPS) is 8.60. The van der Waals surface area contributed by atoms with Crippen LogP contribution in [0.3, 0.4) is 0 Å². The number of carboxylic acids is 2. The number of carbonyl (C=O) groups is 3. The van der Waals surface area contributed by atoms with Gasteiger partial charge in [0, 0.05) is 17.7 Å². The minimum absolute atomic E-state index is 0.176. The predicted molar refractivity (Wildman–Crippen MR) is 76.3 cm³/mol. The molecule has 0 radical (unpaired) electrons. The van der Waals surface area contributed by atoms with Gasteiger partial charge in [-0.3, -0.25) is 0 Å². The molecule has 0 amide bonds. The Hall–Kier alpha value is -2.37. The summed E-state index contributed by atoms with van der Waals surface area (Å²) in [5.74, 6) is -2.29. The second-order valence-electron chi connectivity index (χ2n) is 4.37. The highest BCUT2D eigenvalue weighted by Crippen LogP contribution is 2.06. The molecule has 2 N–H and O–H groups in total. The first-order chi connectivity index (χ1) is 8.87. The third kappa shape index (κ3) is 29.6. The van der Waals surface area contributed by atoms with Crippen LogP contribution in [0.5, 0.6) is 0 Å². The van der Waals surface area contributed by atoms with Crippen LogP contribution in [0.4, 0.5) is 0 Å². The number of hydrogen-bond acceptors (Lipinski definition) is 4. The van der Waals surface area contributed by atoms with Crippen molar-refractivity contribution in [3.05, 3.63) is 37.5 Å². The van der Waals surface area contributed by atoms with E-state index >= 15 is 0 Å². The van der Waals surface area contributed by atoms with Crippen molar-refractivity contribution in [2.45, 2.75) is 33.3 Å². The summed E-state index contributed by atoms with van der Waals surface area (Å²) in [6.45, 7) is 16.3. The largest absolute Gasteiger partial charge is 0.478 e. The maximum absolute atomic E-state index is 10.5. The van der Waals surface area contributed by atoms with Crippen molar-refractivity contribution in [1.82, 2.24) is 0 Å². The molecular weight excluding hydrogens is 264 g/mol. The lowest BCUT2D eigenvalue weighted by Gasteiger charge is -2.17. The van der Waals surface area contributed by atoms with Gasteiger partial charge in [-0.25, -0.2) is 14.4 Å². The molecule has 0 atom stereocenters. The molecular formula is C14H22O6. The van der Waals surface area contributed by atoms with Crippen LogP contribution in [0.25, 0.3) is 0 Å². The zero-order valence-electron chi connectivity index (χ0n) is 12.3. The van der Waals surface area contributed by atoms with E-state index in [1.807, 2.05) is 20.8 Å². The minimum atomic E-state index is -0.981. The fourth-order valence-corrected chi connectivity index (χ4v) is 0.343. The van der Waals surface area contributed by atoms with Crippen molar-refractivity contribution in [2.24, 2.45) is 0 Å². The zero-order valence-corrected chi connectivity index (χ0v) is 12.3. The van der Waals surface area contributed by atoms with Gasteiger partial charge in [-0.1, -0.05) is 19.7 Å². The van der Waals surface area contributed by atoms with Crippen LogP contribution in [0.15, 0.2) is 37.5 Å². The van der Waals surface area contributed by atoms with Crippen LogP contribution in [0.1, 0.15) is 27.7 Å². The lowest BCUT2D eigenvalue weighted by Crippen LogP contribution is -2.22. The van der Waals surface area contributed by atoms with E-state index in [-0.39, 0.29) is 11.5 Å². The predicted octanol–water partition coefficient (Wildman–Crippen LogP) is 2.42. The molecule has 0 aliphatic rings. The summed E-state index contributed by atoms with van der Waals surface area (Å²) >= 11 is 0. The second-order valence-corrected chi connectivity index (χ2v) is 4.37. The van der Waals surface area contributed by atoms with Crippen molar-refractivity contribution in [3.8, 4) is 0 Å². The Bertz CT molecular complexity index is 362. The lowest BCUT2D eigenvalue weighted by molar-refractivity contribution is -0.148. The molecule has 0 heterocycles. The molecule has 0 aliphatic heterocycles. The Morgan fingerprint density at radius 3 is 1.40 bits per heavy atom. The number of ether oxygens (including phenoxy) is 1. The van der Waals surface area contributed by atoms with E-state index in [2.05, 4.69) is 19.7 Å². The maximum Gasteiger partial charge on any atom is 0.330 e. The third-order valence-electron chi connectivity index (χ3n) is 1.11. The van der Waals surface area contributed by atoms with E-state index in [4.69, 9.17) is 14.9 Å². The summed E-state index contributed by atoms with van der Waals surface area (Å²) in [4.78, 5) is 29.3. The summed E-state index contributed by atoms with van der Waals surface area (Å²) in [6.07, 6.45) is 1.99. The molecule has 6 nitrogen and oxygen atoms in total. The zero-order chi connectivity index (χ0) is 16.9. The standard InChI is InChI=1S/C7H12O2.C4H6O2.C3H4O2/c1-5-6(8)9-7(2,3)4;1-3(2)4(5)6;1-2-3(4)5/h5H,1H2,2-4H3;1H2,2H3,(H,5,6);2H,1H2,(H,4,5). The molecule has 0 aromatic rings. The van der Waals surface area contributed by atoms with Crippen LogP contribution < -0.4 is 0 Å². The highest BCUT2D eigenvalue weighted by atomic mass is 16.6. The molecule has 0 aliphatic carbocycles. The number of aliphatic carboxylic acids is 2. The molecule has 0 unspecified atom stereocenters. The molecule has 0 rings (SSSR count). The molecule has 0 spiro atoms. The van der Waals surface area contributed by atoms with Crippen molar-refractivity contribution in [1.29, 1.82) is 0 Å². The van der Waals surface area contributed by atoms with Crippen molar-refractivity contribution < 1.29 is 29.3 Å². The fourth-order valence-electron chi connectivity index (χ4n) is 0.343. The second kappa shape index (κ2) is 11.7. The SMILES string of the molecule is C=C(C)C(=O)O.C=CC(=O)O.C=CC(=O)OC(C)(C)C. The van der Waals surface area contributed by atoms with E-state index < -0.39 is 17.5 Å². The first-order valence-electron chi connectivity index (χ1n) is 5.47. The van der Waals surface area contributed by atoms with Crippen LogP contribution in [-0.4, -0.2) is 33.7 Å². The number of rotatable bonds is 3. The Morgan fingerprint density at radius 2 is 1.35 bits per heavy atom. The topological polar surface area (TPSA) is 101 Å². The molecule has 0 saturated carbocycles. The van der Waals surface area contributed by atoms with E-state index in [0.717, 1.165) is 12.2 Å². The Balaban J connectivity index is -0.000000230. The first kappa shape index (κ1) is 22.8. The molecule has 20 heavy (non-hydrogen) atoms. The number of carboxylic acid groups (broad SMARTS) is 2. The Kier molecular flexibility index (Phi) is 13.3. The monoisotopic (exact) mass is 286 g/mol. The maximum atomic E-state index is 10.5. The molecule has 0 bridgehead atoms. The highest BCUT2D eigenvalue weighted by Gasteiger charge is 2.12. The molecule has 0 fully saturated rings. The number of hydrogen-bond donors (Lipinski definition) is 2. The van der Waals surface area contributed by atoms with Gasteiger partial charge in [0.1, 0.15) is 5.60 Å². The molecule has 114 valence electrons. The van der Waals surface area contributed by atoms with Crippen molar-refractivity contribution in [3.63, 3.8) is 0 Å². The summed E-state index contributed by atoms with van der Waals surface area (Å²) < 4.78 is 4.83. The quantitative estimate of drug-likeness (QED) is 0.610. The van der Waals surface area contributed by atoms with Gasteiger partial charge in [-0.2, -0.15) is 0 Å². The third-order valence-corrected chi connectivity index (χ3v) is 1.11. The minimum Gasteiger partial charge on any atom is -0.478 e. The van der Waals surface area contributed by atoms with Gasteiger partial charge in [-0.15, -0.1) is 0 Å². The van der Waals surface area contributed by atoms with E-state index in [1.165, 1.54) is 6.92 Å². The van der Waals surface area contributed by atoms with Gasteiger partial charge >= 0.3 is 17.9 Å². The van der Waals surface area contributed by atoms with Crippen LogP contribution in [0.2, 0.25) is 0 Å². The summed E-state index contributed by atoms with van der Waals surface area (Å²) in [6, 6.07) is 0. The van der Waals surface area contributed by atoms with Gasteiger partial charge in [0.25, 0.3) is 0 Å². The summed E-state index contributed by atoms with van der Waals surface area (Å²) in [5.41, 5.74) is -0.222. The lowest BCUT2D eigenvalue weighted by atomic mass is 10.2. The molecule has 0 saturated heterocycles. The van der Waals surface area contributed by atoms with Crippen LogP contribution in [-0.2, 0) is 19.1 Å². The number of carbonyl (C=O) groups excluding carboxylic acids is 1. The fraction of sp³-hybridized carbons (Fsp3) is 0.357. The van der Waals surface area contributed by atoms with E-state index in [0.29, 0.717) is 0 Å². The Morgan fingerprint density at radius 1 is 1.05 bits per heavy atom. The van der Waals surface area contributed by atoms with Crippen molar-refractivity contribution in [2.75, 3.05) is 0 Å². The van der Waals surface area contributed by atoms with Crippen molar-refractivity contribution >= 4 is 17.9 Å². The molecule has 6 heteroatoms. The first-order valence-corrected chi connectivity index (χ1v) is 5.47. The Labute approximate surface area is 119 Å². The highest BCUT2D eigenvalue weighted by molar-refractivity contribution is 5.84. The van der Waals surface area contributed by atoms with Gasteiger partial charge in [0.15, 0.2) is 0 Å². The van der Waals surface area contributed by atoms with E-state index in [1.54, 1.807) is 0 Å². The number of esters is 1. The molecule has 0 aromatic carbocycles. The van der Waals surface area contributed by atoms with Crippen LogP contribution in [0, 0.1) is 0 Å². The average Bonchev–Trinajstić information content (AvgIpc) is 2.28. The van der Waals surface area contributed by atoms with Gasteiger partial charge < -0.3 is 14.9 Å². The van der Waals surface area contributed by atoms with Gasteiger partial charge in [0.2, 0.25) is 0 Å². The average molecular weight is 286 g/mol. The van der Waals surface area contributed by atoms with Crippen LogP contribution >= 0.6 is 0 Å². The summed E-state index contributed by atoms with van der Waals surface area (Å²) in [5, 5.41) is 15.5. The molecule has 0 aromatic heterocycles. The van der Waals surface area contributed by atoms with Gasteiger partial charge in [0.05, 0.1) is 0 Å².